The minimum absolute atomic E-state index is 0.0765. The van der Waals surface area contributed by atoms with Crippen molar-refractivity contribution in [3.8, 4) is 0 Å². The number of hydrogen-bond donors (Lipinski definition) is 2. The maximum Gasteiger partial charge on any atom is 0.158 e. The average Bonchev–Trinajstić information content (AvgIpc) is 2.71. The normalized spacial score (nSPS) is 31.8. The van der Waals surface area contributed by atoms with Crippen molar-refractivity contribution in [1.29, 1.82) is 0 Å². The van der Waals surface area contributed by atoms with Gasteiger partial charge in [0.05, 0.1) is 23.3 Å². The summed E-state index contributed by atoms with van der Waals surface area (Å²) >= 11 is 6.15. The van der Waals surface area contributed by atoms with Crippen molar-refractivity contribution in [3.05, 3.63) is 29.4 Å². The van der Waals surface area contributed by atoms with E-state index in [2.05, 4.69) is 5.10 Å². The Morgan fingerprint density at radius 3 is 2.89 bits per heavy atom. The van der Waals surface area contributed by atoms with Gasteiger partial charge in [-0.3, -0.25) is 4.68 Å². The second kappa shape index (κ2) is 4.47. The molecular weight excluding hydrogens is 264 g/mol. The van der Waals surface area contributed by atoms with Gasteiger partial charge in [-0.1, -0.05) is 23.7 Å². The summed E-state index contributed by atoms with van der Waals surface area (Å²) in [7, 11) is 0. The van der Waals surface area contributed by atoms with Crippen LogP contribution in [0.5, 0.6) is 0 Å². The van der Waals surface area contributed by atoms with Crippen molar-refractivity contribution in [2.75, 3.05) is 0 Å². The zero-order valence-electron chi connectivity index (χ0n) is 10.8. The molecule has 3 rings (SSSR count). The number of nitrogens with zero attached hydrogens (tertiary/aromatic N) is 2. The van der Waals surface area contributed by atoms with Gasteiger partial charge < -0.3 is 10.2 Å². The summed E-state index contributed by atoms with van der Waals surface area (Å²) in [4.78, 5) is 0. The molecule has 2 N–H and O–H groups in total. The standard InChI is InChI=1S/C14H17ClN2O2/c1-14(19)7-6-9(8-12(14)18)17-11-5-3-2-4-10(11)13(15)16-17/h2-5,9,12,18-19H,6-8H2,1H3/t9-,12+,14+/m0/s1. The van der Waals surface area contributed by atoms with E-state index in [0.717, 1.165) is 17.3 Å². The van der Waals surface area contributed by atoms with Crippen molar-refractivity contribution in [1.82, 2.24) is 9.78 Å². The molecule has 1 aromatic carbocycles. The third-order valence-corrected chi connectivity index (χ3v) is 4.39. The van der Waals surface area contributed by atoms with Gasteiger partial charge in [0.2, 0.25) is 0 Å². The van der Waals surface area contributed by atoms with Crippen LogP contribution in [0.1, 0.15) is 32.2 Å². The molecule has 2 aromatic rings. The zero-order chi connectivity index (χ0) is 13.6. The van der Waals surface area contributed by atoms with E-state index in [9.17, 15) is 10.2 Å². The highest BCUT2D eigenvalue weighted by Crippen LogP contribution is 2.37. The lowest BCUT2D eigenvalue weighted by Crippen LogP contribution is -2.44. The van der Waals surface area contributed by atoms with Crippen molar-refractivity contribution in [2.45, 2.75) is 43.9 Å². The molecule has 19 heavy (non-hydrogen) atoms. The summed E-state index contributed by atoms with van der Waals surface area (Å²) < 4.78 is 1.89. The highest BCUT2D eigenvalue weighted by Gasteiger charge is 2.38. The number of aromatic nitrogens is 2. The van der Waals surface area contributed by atoms with Gasteiger partial charge in [-0.05, 0) is 38.3 Å². The van der Waals surface area contributed by atoms with E-state index >= 15 is 0 Å². The minimum Gasteiger partial charge on any atom is -0.390 e. The van der Waals surface area contributed by atoms with Crippen LogP contribution in [0, 0.1) is 0 Å². The van der Waals surface area contributed by atoms with E-state index in [4.69, 9.17) is 11.6 Å². The molecule has 0 amide bonds. The predicted molar refractivity (Wildman–Crippen MR) is 74.3 cm³/mol. The molecule has 1 aliphatic rings. The maximum atomic E-state index is 10.0. The average molecular weight is 281 g/mol. The van der Waals surface area contributed by atoms with Crippen molar-refractivity contribution in [3.63, 3.8) is 0 Å². The molecule has 1 saturated carbocycles. The van der Waals surface area contributed by atoms with Crippen molar-refractivity contribution in [2.24, 2.45) is 0 Å². The smallest absolute Gasteiger partial charge is 0.158 e. The molecule has 1 fully saturated rings. The Bertz CT molecular complexity index is 609. The Labute approximate surface area is 116 Å². The fourth-order valence-corrected chi connectivity index (χ4v) is 3.05. The third kappa shape index (κ3) is 2.14. The number of fused-ring (bicyclic) bond motifs is 1. The molecule has 0 spiro atoms. The molecule has 1 aliphatic carbocycles. The zero-order valence-corrected chi connectivity index (χ0v) is 11.5. The summed E-state index contributed by atoms with van der Waals surface area (Å²) in [5.74, 6) is 0. The highest BCUT2D eigenvalue weighted by atomic mass is 35.5. The SMILES string of the molecule is C[C@@]1(O)CC[C@H](n2nc(Cl)c3ccccc32)C[C@H]1O. The molecule has 102 valence electrons. The van der Waals surface area contributed by atoms with Crippen LogP contribution in [0.25, 0.3) is 10.9 Å². The minimum atomic E-state index is -0.997. The molecule has 3 atom stereocenters. The van der Waals surface area contributed by atoms with E-state index in [0.29, 0.717) is 18.0 Å². The van der Waals surface area contributed by atoms with Gasteiger partial charge in [0.25, 0.3) is 0 Å². The molecular formula is C14H17ClN2O2. The lowest BCUT2D eigenvalue weighted by Gasteiger charge is -2.37. The number of halogens is 1. The van der Waals surface area contributed by atoms with Crippen molar-refractivity contribution >= 4 is 22.5 Å². The molecule has 0 radical (unpaired) electrons. The number of aliphatic hydroxyl groups excluding tert-OH is 1. The second-order valence-electron chi connectivity index (χ2n) is 5.55. The van der Waals surface area contributed by atoms with E-state index in [1.807, 2.05) is 28.9 Å². The van der Waals surface area contributed by atoms with E-state index in [-0.39, 0.29) is 6.04 Å². The summed E-state index contributed by atoms with van der Waals surface area (Å²) in [6.07, 6.45) is 1.11. The Morgan fingerprint density at radius 2 is 2.16 bits per heavy atom. The molecule has 1 heterocycles. The summed E-state index contributed by atoms with van der Waals surface area (Å²) in [5, 5.41) is 25.8. The van der Waals surface area contributed by atoms with Gasteiger partial charge in [-0.25, -0.2) is 0 Å². The molecule has 0 unspecified atom stereocenters. The van der Waals surface area contributed by atoms with Crippen molar-refractivity contribution < 1.29 is 10.2 Å². The summed E-state index contributed by atoms with van der Waals surface area (Å²) in [6.45, 7) is 1.68. The van der Waals surface area contributed by atoms with Gasteiger partial charge in [-0.2, -0.15) is 5.10 Å². The van der Waals surface area contributed by atoms with Gasteiger partial charge in [-0.15, -0.1) is 0 Å². The van der Waals surface area contributed by atoms with Crippen LogP contribution < -0.4 is 0 Å². The van der Waals surface area contributed by atoms with E-state index < -0.39 is 11.7 Å². The Morgan fingerprint density at radius 1 is 1.42 bits per heavy atom. The van der Waals surface area contributed by atoms with Gasteiger partial charge in [0, 0.05) is 5.39 Å². The first-order valence-electron chi connectivity index (χ1n) is 6.52. The summed E-state index contributed by atoms with van der Waals surface area (Å²) in [5.41, 5.74) is -0.0188. The highest BCUT2D eigenvalue weighted by molar-refractivity contribution is 6.34. The number of para-hydroxylation sites is 1. The lowest BCUT2D eigenvalue weighted by molar-refractivity contribution is -0.0975. The Hall–Kier alpha value is -1.10. The molecule has 1 aromatic heterocycles. The van der Waals surface area contributed by atoms with E-state index in [1.165, 1.54) is 0 Å². The van der Waals surface area contributed by atoms with Crippen LogP contribution in [0.3, 0.4) is 0 Å². The predicted octanol–water partition coefficient (Wildman–Crippen LogP) is 2.53. The molecule has 4 nitrogen and oxygen atoms in total. The van der Waals surface area contributed by atoms with Crippen LogP contribution in [0.2, 0.25) is 5.15 Å². The maximum absolute atomic E-state index is 10.0. The fraction of sp³-hybridized carbons (Fsp3) is 0.500. The van der Waals surface area contributed by atoms with Gasteiger partial charge in [0.1, 0.15) is 0 Å². The van der Waals surface area contributed by atoms with E-state index in [1.54, 1.807) is 6.92 Å². The van der Waals surface area contributed by atoms with Crippen LogP contribution in [0.15, 0.2) is 24.3 Å². The molecule has 5 heteroatoms. The van der Waals surface area contributed by atoms with Gasteiger partial charge >= 0.3 is 0 Å². The van der Waals surface area contributed by atoms with Gasteiger partial charge in [0.15, 0.2) is 5.15 Å². The van der Waals surface area contributed by atoms with Crippen LogP contribution in [0.4, 0.5) is 0 Å². The topological polar surface area (TPSA) is 58.3 Å². The van der Waals surface area contributed by atoms with Crippen LogP contribution >= 0.6 is 11.6 Å². The van der Waals surface area contributed by atoms with Crippen LogP contribution in [-0.4, -0.2) is 31.7 Å². The first kappa shape index (κ1) is 12.9. The monoisotopic (exact) mass is 280 g/mol. The number of aliphatic hydroxyl groups is 2. The Kier molecular flexibility index (Phi) is 3.04. The first-order valence-corrected chi connectivity index (χ1v) is 6.90. The third-order valence-electron chi connectivity index (χ3n) is 4.11. The summed E-state index contributed by atoms with van der Waals surface area (Å²) in [6, 6.07) is 7.88. The first-order chi connectivity index (χ1) is 8.99. The number of rotatable bonds is 1. The molecule has 0 saturated heterocycles. The molecule has 0 bridgehead atoms. The lowest BCUT2D eigenvalue weighted by atomic mass is 9.81. The quantitative estimate of drug-likeness (QED) is 0.844. The molecule has 0 aliphatic heterocycles. The fourth-order valence-electron chi connectivity index (χ4n) is 2.81. The number of hydrogen-bond acceptors (Lipinski definition) is 3. The largest absolute Gasteiger partial charge is 0.390 e. The number of benzene rings is 1. The Balaban J connectivity index is 1.98. The second-order valence-corrected chi connectivity index (χ2v) is 5.91. The van der Waals surface area contributed by atoms with Crippen LogP contribution in [-0.2, 0) is 0 Å².